The maximum Gasteiger partial charge on any atom is 0.271 e. The van der Waals surface area contributed by atoms with Crippen molar-refractivity contribution in [3.8, 4) is 0 Å². The maximum atomic E-state index is 12.8. The molecule has 0 aliphatic rings. The summed E-state index contributed by atoms with van der Waals surface area (Å²) in [5, 5.41) is 13.7. The van der Waals surface area contributed by atoms with Crippen molar-refractivity contribution in [1.29, 1.82) is 0 Å². The number of carbonyl (C=O) groups excluding carboxylic acids is 1. The minimum Gasteiger partial charge on any atom is -0.326 e. The Balaban J connectivity index is 2.36. The van der Waals surface area contributed by atoms with Crippen LogP contribution in [0.2, 0.25) is 0 Å². The second-order valence-electron chi connectivity index (χ2n) is 6.29. The van der Waals surface area contributed by atoms with E-state index >= 15 is 0 Å². The van der Waals surface area contributed by atoms with Crippen molar-refractivity contribution in [3.05, 3.63) is 63.2 Å². The lowest BCUT2D eigenvalue weighted by Gasteiger charge is -2.17. The minimum absolute atomic E-state index is 0.126. The average molecular weight is 391 g/mol. The highest BCUT2D eigenvalue weighted by atomic mass is 32.2. The zero-order valence-electron chi connectivity index (χ0n) is 15.4. The first kappa shape index (κ1) is 20.5. The molecule has 0 aromatic heterocycles. The lowest BCUT2D eigenvalue weighted by molar-refractivity contribution is -0.385. The predicted molar refractivity (Wildman–Crippen MR) is 102 cm³/mol. The molecule has 0 saturated carbocycles. The molecule has 0 aliphatic heterocycles. The van der Waals surface area contributed by atoms with Crippen LogP contribution in [0.15, 0.2) is 41.3 Å². The van der Waals surface area contributed by atoms with Gasteiger partial charge in [-0.05, 0) is 49.6 Å². The fraction of sp³-hybridized carbons (Fsp3) is 0.278. The number of benzene rings is 2. The van der Waals surface area contributed by atoms with E-state index < -0.39 is 21.0 Å². The Morgan fingerprint density at radius 2 is 1.85 bits per heavy atom. The monoisotopic (exact) mass is 391 g/mol. The van der Waals surface area contributed by atoms with Crippen LogP contribution in [-0.2, 0) is 14.8 Å². The van der Waals surface area contributed by atoms with Crippen molar-refractivity contribution < 1.29 is 18.1 Å². The number of carbonyl (C=O) groups is 1. The molecule has 2 N–H and O–H groups in total. The molecule has 2 aromatic rings. The van der Waals surface area contributed by atoms with Crippen molar-refractivity contribution >= 4 is 27.3 Å². The first-order valence-corrected chi connectivity index (χ1v) is 9.65. The number of aryl methyl sites for hydroxylation is 1. The van der Waals surface area contributed by atoms with Crippen molar-refractivity contribution in [2.75, 3.05) is 5.32 Å². The highest BCUT2D eigenvalue weighted by Gasteiger charge is 2.24. The second kappa shape index (κ2) is 7.85. The van der Waals surface area contributed by atoms with Gasteiger partial charge in [0.1, 0.15) is 0 Å². The van der Waals surface area contributed by atoms with Crippen LogP contribution in [0, 0.1) is 24.0 Å². The van der Waals surface area contributed by atoms with Crippen molar-refractivity contribution in [2.24, 2.45) is 0 Å². The third-order valence-corrected chi connectivity index (χ3v) is 5.81. The number of nitro groups is 1. The zero-order chi connectivity index (χ0) is 20.4. The Labute approximate surface area is 157 Å². The van der Waals surface area contributed by atoms with Crippen molar-refractivity contribution in [1.82, 2.24) is 4.72 Å². The van der Waals surface area contributed by atoms with E-state index in [9.17, 15) is 23.3 Å². The second-order valence-corrected chi connectivity index (χ2v) is 7.97. The number of non-ortho nitro benzene ring substituents is 1. The van der Waals surface area contributed by atoms with E-state index in [1.54, 1.807) is 45.0 Å². The van der Waals surface area contributed by atoms with Gasteiger partial charge < -0.3 is 5.32 Å². The van der Waals surface area contributed by atoms with Crippen LogP contribution in [0.1, 0.15) is 36.6 Å². The summed E-state index contributed by atoms with van der Waals surface area (Å²) < 4.78 is 28.2. The fourth-order valence-electron chi connectivity index (χ4n) is 2.65. The van der Waals surface area contributed by atoms with E-state index in [0.717, 1.165) is 6.07 Å². The normalized spacial score (nSPS) is 12.4. The molecule has 2 aromatic carbocycles. The van der Waals surface area contributed by atoms with Crippen LogP contribution < -0.4 is 10.0 Å². The van der Waals surface area contributed by atoms with E-state index in [2.05, 4.69) is 10.0 Å². The molecule has 9 heteroatoms. The number of hydrogen-bond acceptors (Lipinski definition) is 5. The van der Waals surface area contributed by atoms with Gasteiger partial charge in [0.05, 0.1) is 9.82 Å². The summed E-state index contributed by atoms with van der Waals surface area (Å²) in [6.45, 7) is 6.27. The Hall–Kier alpha value is -2.78. The van der Waals surface area contributed by atoms with Gasteiger partial charge in [0.25, 0.3) is 5.69 Å². The fourth-order valence-corrected chi connectivity index (χ4v) is 4.21. The Kier molecular flexibility index (Phi) is 5.97. The van der Waals surface area contributed by atoms with Crippen LogP contribution in [0.25, 0.3) is 0 Å². The molecule has 1 amide bonds. The zero-order valence-corrected chi connectivity index (χ0v) is 16.3. The molecule has 144 valence electrons. The molecule has 0 fully saturated rings. The third kappa shape index (κ3) is 4.89. The largest absolute Gasteiger partial charge is 0.326 e. The van der Waals surface area contributed by atoms with Gasteiger partial charge in [0.2, 0.25) is 15.9 Å². The number of nitrogens with one attached hydrogen (secondary N) is 2. The highest BCUT2D eigenvalue weighted by Crippen LogP contribution is 2.27. The molecular formula is C18H21N3O5S. The molecule has 0 aliphatic carbocycles. The number of amides is 1. The van der Waals surface area contributed by atoms with E-state index in [-0.39, 0.29) is 16.5 Å². The summed E-state index contributed by atoms with van der Waals surface area (Å²) in [4.78, 5) is 21.5. The molecule has 1 atom stereocenters. The van der Waals surface area contributed by atoms with Crippen LogP contribution in [-0.4, -0.2) is 19.2 Å². The van der Waals surface area contributed by atoms with Crippen molar-refractivity contribution in [3.63, 3.8) is 0 Å². The molecule has 1 unspecified atom stereocenters. The Morgan fingerprint density at radius 1 is 1.19 bits per heavy atom. The van der Waals surface area contributed by atoms with Gasteiger partial charge >= 0.3 is 0 Å². The van der Waals surface area contributed by atoms with Crippen LogP contribution in [0.4, 0.5) is 11.4 Å². The quantitative estimate of drug-likeness (QED) is 0.579. The van der Waals surface area contributed by atoms with Gasteiger partial charge in [0, 0.05) is 30.8 Å². The number of nitrogens with zero attached hydrogens (tertiary/aromatic N) is 1. The minimum atomic E-state index is -3.99. The van der Waals surface area contributed by atoms with Crippen molar-refractivity contribution in [2.45, 2.75) is 38.6 Å². The van der Waals surface area contributed by atoms with Crippen LogP contribution in [0.5, 0.6) is 0 Å². The smallest absolute Gasteiger partial charge is 0.271 e. The standard InChI is InChI=1S/C18H21N3O5S/c1-11-8-17(21(23)24)10-18(12(11)2)27(25,26)20-13(3)15-6-5-7-16(9-15)19-14(4)22/h5-10,13,20H,1-4H3,(H,19,22). The van der Waals surface area contributed by atoms with Crippen LogP contribution in [0.3, 0.4) is 0 Å². The third-order valence-electron chi connectivity index (χ3n) is 4.14. The molecule has 0 heterocycles. The summed E-state index contributed by atoms with van der Waals surface area (Å²) >= 11 is 0. The molecule has 0 bridgehead atoms. The van der Waals surface area contributed by atoms with Gasteiger partial charge in [-0.25, -0.2) is 13.1 Å². The highest BCUT2D eigenvalue weighted by molar-refractivity contribution is 7.89. The lowest BCUT2D eigenvalue weighted by Crippen LogP contribution is -2.27. The molecular weight excluding hydrogens is 370 g/mol. The lowest BCUT2D eigenvalue weighted by atomic mass is 10.1. The summed E-state index contributed by atoms with van der Waals surface area (Å²) in [5.74, 6) is -0.233. The van der Waals surface area contributed by atoms with Crippen LogP contribution >= 0.6 is 0 Å². The van der Waals surface area contributed by atoms with Gasteiger partial charge in [0.15, 0.2) is 0 Å². The number of rotatable bonds is 6. The van der Waals surface area contributed by atoms with E-state index in [0.29, 0.717) is 22.4 Å². The van der Waals surface area contributed by atoms with E-state index in [1.165, 1.54) is 13.0 Å². The number of nitro benzene ring substituents is 1. The Morgan fingerprint density at radius 3 is 2.44 bits per heavy atom. The summed E-state index contributed by atoms with van der Waals surface area (Å²) in [6.07, 6.45) is 0. The first-order valence-electron chi connectivity index (χ1n) is 8.17. The van der Waals surface area contributed by atoms with Gasteiger partial charge in [-0.1, -0.05) is 12.1 Å². The summed E-state index contributed by atoms with van der Waals surface area (Å²) in [7, 11) is -3.99. The van der Waals surface area contributed by atoms with Gasteiger partial charge in [-0.2, -0.15) is 0 Å². The number of anilines is 1. The topological polar surface area (TPSA) is 118 Å². The maximum absolute atomic E-state index is 12.8. The SMILES string of the molecule is CC(=O)Nc1cccc(C(C)NS(=O)(=O)c2cc([N+](=O)[O-])cc(C)c2C)c1. The van der Waals surface area contributed by atoms with E-state index in [4.69, 9.17) is 0 Å². The van der Waals surface area contributed by atoms with Gasteiger partial charge in [-0.15, -0.1) is 0 Å². The number of sulfonamides is 1. The molecule has 8 nitrogen and oxygen atoms in total. The summed E-state index contributed by atoms with van der Waals surface area (Å²) in [6, 6.07) is 8.58. The predicted octanol–water partition coefficient (Wildman–Crippen LogP) is 3.21. The first-order chi connectivity index (χ1) is 12.5. The molecule has 0 spiro atoms. The van der Waals surface area contributed by atoms with Gasteiger partial charge in [-0.3, -0.25) is 14.9 Å². The molecule has 27 heavy (non-hydrogen) atoms. The average Bonchev–Trinajstić information content (AvgIpc) is 2.56. The molecule has 0 radical (unpaired) electrons. The van der Waals surface area contributed by atoms with E-state index in [1.807, 2.05) is 0 Å². The summed E-state index contributed by atoms with van der Waals surface area (Å²) in [5.41, 5.74) is 1.88. The Bertz CT molecular complexity index is 1000. The molecule has 2 rings (SSSR count). The number of hydrogen-bond donors (Lipinski definition) is 2. The molecule has 0 saturated heterocycles.